The third-order valence-electron chi connectivity index (χ3n) is 7.77. The maximum absolute atomic E-state index is 13.2. The van der Waals surface area contributed by atoms with Gasteiger partial charge >= 0.3 is 5.97 Å². The second-order valence-corrected chi connectivity index (χ2v) is 10.5. The van der Waals surface area contributed by atoms with Crippen LogP contribution >= 0.6 is 0 Å². The molecule has 0 saturated carbocycles. The molecule has 1 aromatic carbocycles. The molecular weight excluding hydrogens is 472 g/mol. The molecule has 0 aromatic heterocycles. The Morgan fingerprint density at radius 3 is 2.14 bits per heavy atom. The average molecular weight is 517 g/mol. The summed E-state index contributed by atoms with van der Waals surface area (Å²) in [6.07, 6.45) is 8.11. The van der Waals surface area contributed by atoms with Crippen molar-refractivity contribution < 1.29 is 24.2 Å². The lowest BCUT2D eigenvalue weighted by Gasteiger charge is -2.27. The molecule has 3 rings (SSSR count). The number of rotatable bonds is 14. The third kappa shape index (κ3) is 10.3. The Morgan fingerprint density at radius 2 is 1.59 bits per heavy atom. The summed E-state index contributed by atoms with van der Waals surface area (Å²) in [5, 5.41) is 21.8. The van der Waals surface area contributed by atoms with E-state index in [1.165, 1.54) is 7.11 Å². The predicted octanol–water partition coefficient (Wildman–Crippen LogP) is 2.62. The smallest absolute Gasteiger partial charge is 0.305 e. The molecule has 1 atom stereocenters. The van der Waals surface area contributed by atoms with Crippen LogP contribution in [-0.4, -0.2) is 62.7 Å². The van der Waals surface area contributed by atoms with E-state index in [1.54, 1.807) is 24.3 Å². The van der Waals surface area contributed by atoms with Crippen molar-refractivity contribution in [1.29, 1.82) is 0 Å². The number of amides is 2. The van der Waals surface area contributed by atoms with E-state index in [4.69, 9.17) is 4.74 Å². The topological polar surface area (TPSA) is 129 Å². The predicted molar refractivity (Wildman–Crippen MR) is 142 cm³/mol. The Labute approximate surface area is 220 Å². The minimum absolute atomic E-state index is 0.0748. The van der Waals surface area contributed by atoms with Crippen molar-refractivity contribution in [2.45, 2.75) is 63.8 Å². The minimum Gasteiger partial charge on any atom is -0.497 e. The first kappa shape index (κ1) is 28.9. The van der Waals surface area contributed by atoms with Crippen LogP contribution in [0.3, 0.4) is 0 Å². The van der Waals surface area contributed by atoms with E-state index >= 15 is 0 Å². The molecule has 0 radical (unpaired) electrons. The van der Waals surface area contributed by atoms with Gasteiger partial charge in [-0.25, -0.2) is 0 Å². The van der Waals surface area contributed by atoms with E-state index < -0.39 is 17.9 Å². The van der Waals surface area contributed by atoms with Crippen LogP contribution in [0.15, 0.2) is 24.3 Å². The number of nitrogens with one attached hydrogen (secondary N) is 4. The van der Waals surface area contributed by atoms with Crippen molar-refractivity contribution in [3.05, 3.63) is 29.8 Å². The van der Waals surface area contributed by atoms with Gasteiger partial charge in [-0.05, 0) is 107 Å². The second kappa shape index (κ2) is 15.6. The van der Waals surface area contributed by atoms with Crippen LogP contribution in [0.4, 0.5) is 0 Å². The van der Waals surface area contributed by atoms with Crippen LogP contribution in [0.25, 0.3) is 0 Å². The fraction of sp³-hybridized carbons (Fsp3) is 0.679. The lowest BCUT2D eigenvalue weighted by molar-refractivity contribution is -0.138. The largest absolute Gasteiger partial charge is 0.497 e. The fourth-order valence-electron chi connectivity index (χ4n) is 5.46. The minimum atomic E-state index is -1.02. The van der Waals surface area contributed by atoms with Crippen LogP contribution in [0.2, 0.25) is 0 Å². The van der Waals surface area contributed by atoms with Crippen LogP contribution < -0.4 is 26.0 Å². The average Bonchev–Trinajstić information content (AvgIpc) is 2.92. The van der Waals surface area contributed by atoms with Crippen molar-refractivity contribution in [1.82, 2.24) is 21.3 Å². The zero-order valence-electron chi connectivity index (χ0n) is 22.1. The van der Waals surface area contributed by atoms with Gasteiger partial charge in [-0.3, -0.25) is 14.4 Å². The lowest BCUT2D eigenvalue weighted by atomic mass is 9.84. The maximum Gasteiger partial charge on any atom is 0.305 e. The summed E-state index contributed by atoms with van der Waals surface area (Å²) in [7, 11) is 1.53. The lowest BCUT2D eigenvalue weighted by Crippen LogP contribution is -2.41. The van der Waals surface area contributed by atoms with Gasteiger partial charge in [-0.15, -0.1) is 0 Å². The van der Waals surface area contributed by atoms with Gasteiger partial charge in [-0.1, -0.05) is 12.1 Å². The summed E-state index contributed by atoms with van der Waals surface area (Å²) in [5.41, 5.74) is 0.642. The van der Waals surface area contributed by atoms with Gasteiger partial charge in [-0.2, -0.15) is 0 Å². The zero-order chi connectivity index (χ0) is 26.5. The molecule has 9 heteroatoms. The highest BCUT2D eigenvalue weighted by molar-refractivity contribution is 5.86. The summed E-state index contributed by atoms with van der Waals surface area (Å²) in [6, 6.07) is 6.27. The first-order valence-corrected chi connectivity index (χ1v) is 13.8. The first-order chi connectivity index (χ1) is 17.9. The number of carbonyl (C=O) groups excluding carboxylic acids is 2. The van der Waals surface area contributed by atoms with E-state index in [-0.39, 0.29) is 24.8 Å². The molecule has 9 nitrogen and oxygen atoms in total. The first-order valence-electron chi connectivity index (χ1n) is 13.8. The Bertz CT molecular complexity index is 846. The van der Waals surface area contributed by atoms with Crippen molar-refractivity contribution in [3.8, 4) is 5.75 Å². The molecule has 2 amide bonds. The summed E-state index contributed by atoms with van der Waals surface area (Å²) in [6.45, 7) is 4.00. The number of methoxy groups -OCH3 is 1. The number of benzene rings is 1. The van der Waals surface area contributed by atoms with E-state index in [0.29, 0.717) is 23.1 Å². The maximum atomic E-state index is 13.2. The number of ether oxygens (including phenoxy) is 1. The normalized spacial score (nSPS) is 17.8. The van der Waals surface area contributed by atoms with Gasteiger partial charge in [0.2, 0.25) is 11.8 Å². The molecule has 0 aliphatic carbocycles. The molecule has 0 spiro atoms. The Balaban J connectivity index is 1.54. The van der Waals surface area contributed by atoms with Crippen LogP contribution in [0.1, 0.15) is 69.4 Å². The SMILES string of the molecule is COc1cccc(C(CC(=O)O)NC(=O)CNC(=O)C(CCC2CCNCC2)CCC2CCNCC2)c1. The molecule has 0 bridgehead atoms. The number of hydrogen-bond acceptors (Lipinski definition) is 6. The Kier molecular flexibility index (Phi) is 12.2. The molecule has 2 aliphatic rings. The van der Waals surface area contributed by atoms with Gasteiger partial charge < -0.3 is 31.1 Å². The quantitative estimate of drug-likeness (QED) is 0.257. The van der Waals surface area contributed by atoms with Gasteiger partial charge in [0, 0.05) is 5.92 Å². The van der Waals surface area contributed by atoms with E-state index in [0.717, 1.165) is 77.5 Å². The van der Waals surface area contributed by atoms with E-state index in [1.807, 2.05) is 0 Å². The number of hydrogen-bond donors (Lipinski definition) is 5. The van der Waals surface area contributed by atoms with Gasteiger partial charge in [0.25, 0.3) is 0 Å². The molecule has 1 unspecified atom stereocenters. The van der Waals surface area contributed by atoms with Crippen LogP contribution in [-0.2, 0) is 14.4 Å². The fourth-order valence-corrected chi connectivity index (χ4v) is 5.46. The molecule has 37 heavy (non-hydrogen) atoms. The second-order valence-electron chi connectivity index (χ2n) is 10.5. The van der Waals surface area contributed by atoms with Crippen LogP contribution in [0.5, 0.6) is 5.75 Å². The third-order valence-corrected chi connectivity index (χ3v) is 7.77. The monoisotopic (exact) mass is 516 g/mol. The molecule has 2 aliphatic heterocycles. The van der Waals surface area contributed by atoms with Crippen molar-refractivity contribution in [3.63, 3.8) is 0 Å². The van der Waals surface area contributed by atoms with Gasteiger partial charge in [0.1, 0.15) is 5.75 Å². The molecule has 206 valence electrons. The van der Waals surface area contributed by atoms with Crippen molar-refractivity contribution in [2.75, 3.05) is 39.8 Å². The summed E-state index contributed by atoms with van der Waals surface area (Å²) < 4.78 is 5.23. The van der Waals surface area contributed by atoms with Gasteiger partial charge in [0.05, 0.1) is 26.1 Å². The molecule has 2 heterocycles. The summed E-state index contributed by atoms with van der Waals surface area (Å²) >= 11 is 0. The highest BCUT2D eigenvalue weighted by atomic mass is 16.5. The molecule has 2 fully saturated rings. The Hall–Kier alpha value is -2.65. The molecule has 1 aromatic rings. The number of carbonyl (C=O) groups is 3. The summed E-state index contributed by atoms with van der Waals surface area (Å²) in [4.78, 5) is 37.3. The summed E-state index contributed by atoms with van der Waals surface area (Å²) in [5.74, 6) is 0.281. The van der Waals surface area contributed by atoms with Crippen molar-refractivity contribution >= 4 is 17.8 Å². The van der Waals surface area contributed by atoms with Gasteiger partial charge in [0.15, 0.2) is 0 Å². The Morgan fingerprint density at radius 1 is 1.00 bits per heavy atom. The zero-order valence-corrected chi connectivity index (χ0v) is 22.1. The molecular formula is C28H44N4O5. The number of piperidine rings is 2. The number of carboxylic acid groups (broad SMARTS) is 1. The van der Waals surface area contributed by atoms with Crippen LogP contribution in [0, 0.1) is 17.8 Å². The highest BCUT2D eigenvalue weighted by Gasteiger charge is 2.25. The van der Waals surface area contributed by atoms with E-state index in [9.17, 15) is 19.5 Å². The molecule has 5 N–H and O–H groups in total. The number of aliphatic carboxylic acids is 1. The van der Waals surface area contributed by atoms with Crippen molar-refractivity contribution in [2.24, 2.45) is 17.8 Å². The standard InChI is InChI=1S/C28H44N4O5/c1-37-24-4-2-3-23(17-24)25(18-27(34)35)32-26(33)19-31-28(36)22(7-5-20-9-13-29-14-10-20)8-6-21-11-15-30-16-12-21/h2-4,17,20-22,25,29-30H,5-16,18-19H2,1H3,(H,31,36)(H,32,33)(H,34,35). The molecule has 2 saturated heterocycles. The number of carboxylic acids is 1. The van der Waals surface area contributed by atoms with E-state index in [2.05, 4.69) is 21.3 Å². The highest BCUT2D eigenvalue weighted by Crippen LogP contribution is 2.27.